The summed E-state index contributed by atoms with van der Waals surface area (Å²) in [6.45, 7) is 4.93. The number of carboxylic acid groups (broad SMARTS) is 1. The van der Waals surface area contributed by atoms with Gasteiger partial charge >= 0.3 is 12.0 Å². The summed E-state index contributed by atoms with van der Waals surface area (Å²) in [5, 5.41) is 8.65. The van der Waals surface area contributed by atoms with E-state index in [0.717, 1.165) is 0 Å². The van der Waals surface area contributed by atoms with Gasteiger partial charge in [-0.1, -0.05) is 0 Å². The van der Waals surface area contributed by atoms with E-state index in [1.54, 1.807) is 18.7 Å². The summed E-state index contributed by atoms with van der Waals surface area (Å²) in [5.41, 5.74) is 4.65. The SMILES string of the molecule is CCN(CCC(=O)O)C(=O)N1CCC(C)(C(N)=O)C1. The van der Waals surface area contributed by atoms with Crippen molar-refractivity contribution in [1.82, 2.24) is 9.80 Å². The lowest BCUT2D eigenvalue weighted by Crippen LogP contribution is -2.45. The average Bonchev–Trinajstić information content (AvgIpc) is 2.73. The predicted octanol–water partition coefficient (Wildman–Crippen LogP) is 0.100. The Hall–Kier alpha value is -1.79. The molecule has 1 aliphatic heterocycles. The Morgan fingerprint density at radius 1 is 1.42 bits per heavy atom. The highest BCUT2D eigenvalue weighted by atomic mass is 16.4. The molecule has 1 atom stereocenters. The molecule has 1 unspecified atom stereocenters. The third kappa shape index (κ3) is 3.59. The van der Waals surface area contributed by atoms with Crippen molar-refractivity contribution in [3.05, 3.63) is 0 Å². The number of likely N-dealkylation sites (tertiary alicyclic amines) is 1. The van der Waals surface area contributed by atoms with Crippen molar-refractivity contribution in [3.63, 3.8) is 0 Å². The minimum Gasteiger partial charge on any atom is -0.481 e. The molecule has 1 fully saturated rings. The summed E-state index contributed by atoms with van der Waals surface area (Å²) in [4.78, 5) is 37.1. The first-order chi connectivity index (χ1) is 8.80. The quantitative estimate of drug-likeness (QED) is 0.740. The molecule has 1 aliphatic rings. The molecule has 0 spiro atoms. The lowest BCUT2D eigenvalue weighted by atomic mass is 9.89. The first kappa shape index (κ1) is 15.3. The molecule has 7 heteroatoms. The maximum atomic E-state index is 12.2. The fourth-order valence-corrected chi connectivity index (χ4v) is 2.15. The molecule has 1 heterocycles. The summed E-state index contributed by atoms with van der Waals surface area (Å²) in [6, 6.07) is -0.228. The molecule has 0 aromatic rings. The van der Waals surface area contributed by atoms with Crippen LogP contribution in [0.3, 0.4) is 0 Å². The second-order valence-corrected chi connectivity index (χ2v) is 5.10. The maximum absolute atomic E-state index is 12.2. The van der Waals surface area contributed by atoms with Crippen molar-refractivity contribution in [2.75, 3.05) is 26.2 Å². The van der Waals surface area contributed by atoms with Crippen molar-refractivity contribution >= 4 is 17.9 Å². The van der Waals surface area contributed by atoms with E-state index in [1.807, 2.05) is 0 Å². The van der Waals surface area contributed by atoms with Gasteiger partial charge in [0.1, 0.15) is 0 Å². The summed E-state index contributed by atoms with van der Waals surface area (Å²) >= 11 is 0. The lowest BCUT2D eigenvalue weighted by Gasteiger charge is -2.27. The Morgan fingerprint density at radius 3 is 2.47 bits per heavy atom. The van der Waals surface area contributed by atoms with Crippen LogP contribution in [0.15, 0.2) is 0 Å². The Balaban J connectivity index is 2.62. The van der Waals surface area contributed by atoms with Gasteiger partial charge in [0.15, 0.2) is 0 Å². The molecule has 1 saturated heterocycles. The average molecular weight is 271 g/mol. The van der Waals surface area contributed by atoms with Gasteiger partial charge in [-0.25, -0.2) is 4.79 Å². The monoisotopic (exact) mass is 271 g/mol. The van der Waals surface area contributed by atoms with Gasteiger partial charge in [0.2, 0.25) is 5.91 Å². The number of carboxylic acids is 1. The van der Waals surface area contributed by atoms with Crippen LogP contribution >= 0.6 is 0 Å². The minimum absolute atomic E-state index is 0.0828. The lowest BCUT2D eigenvalue weighted by molar-refractivity contribution is -0.137. The summed E-state index contributed by atoms with van der Waals surface area (Å²) < 4.78 is 0. The molecular weight excluding hydrogens is 250 g/mol. The van der Waals surface area contributed by atoms with E-state index >= 15 is 0 Å². The highest BCUT2D eigenvalue weighted by Crippen LogP contribution is 2.29. The molecule has 0 aliphatic carbocycles. The highest BCUT2D eigenvalue weighted by Gasteiger charge is 2.41. The number of rotatable bonds is 5. The van der Waals surface area contributed by atoms with Gasteiger partial charge in [-0.3, -0.25) is 9.59 Å². The standard InChI is InChI=1S/C12H21N3O4/c1-3-14(6-4-9(16)17)11(19)15-7-5-12(2,8-15)10(13)18/h3-8H2,1-2H3,(H2,13,18)(H,16,17). The zero-order valence-electron chi connectivity index (χ0n) is 11.4. The molecule has 1 rings (SSSR count). The van der Waals surface area contributed by atoms with E-state index < -0.39 is 17.3 Å². The van der Waals surface area contributed by atoms with E-state index in [4.69, 9.17) is 10.8 Å². The van der Waals surface area contributed by atoms with Gasteiger partial charge < -0.3 is 20.6 Å². The summed E-state index contributed by atoms with van der Waals surface area (Å²) in [7, 11) is 0. The van der Waals surface area contributed by atoms with Crippen LogP contribution in [0.25, 0.3) is 0 Å². The van der Waals surface area contributed by atoms with E-state index in [-0.39, 0.29) is 19.0 Å². The summed E-state index contributed by atoms with van der Waals surface area (Å²) in [6.07, 6.45) is 0.463. The molecule has 108 valence electrons. The number of hydrogen-bond donors (Lipinski definition) is 2. The van der Waals surface area contributed by atoms with Gasteiger partial charge in [0.05, 0.1) is 11.8 Å². The van der Waals surface area contributed by atoms with Gasteiger partial charge in [-0.05, 0) is 20.3 Å². The van der Waals surface area contributed by atoms with Crippen LogP contribution in [0.2, 0.25) is 0 Å². The maximum Gasteiger partial charge on any atom is 0.320 e. The smallest absolute Gasteiger partial charge is 0.320 e. The van der Waals surface area contributed by atoms with E-state index in [1.165, 1.54) is 4.90 Å². The highest BCUT2D eigenvalue weighted by molar-refractivity contribution is 5.83. The van der Waals surface area contributed by atoms with Crippen LogP contribution in [0.4, 0.5) is 4.79 Å². The van der Waals surface area contributed by atoms with Crippen LogP contribution in [0.5, 0.6) is 0 Å². The van der Waals surface area contributed by atoms with E-state index in [9.17, 15) is 14.4 Å². The van der Waals surface area contributed by atoms with Crippen LogP contribution in [-0.2, 0) is 9.59 Å². The fraction of sp³-hybridized carbons (Fsp3) is 0.750. The number of amides is 3. The van der Waals surface area contributed by atoms with Crippen LogP contribution < -0.4 is 5.73 Å². The molecule has 0 bridgehead atoms. The zero-order chi connectivity index (χ0) is 14.6. The molecular formula is C12H21N3O4. The number of nitrogens with zero attached hydrogens (tertiary/aromatic N) is 2. The third-order valence-electron chi connectivity index (χ3n) is 3.59. The van der Waals surface area contributed by atoms with E-state index in [0.29, 0.717) is 26.1 Å². The molecule has 3 amide bonds. The van der Waals surface area contributed by atoms with Gasteiger partial charge in [0, 0.05) is 26.2 Å². The molecule has 3 N–H and O–H groups in total. The van der Waals surface area contributed by atoms with Crippen LogP contribution in [0.1, 0.15) is 26.7 Å². The van der Waals surface area contributed by atoms with Crippen molar-refractivity contribution in [2.45, 2.75) is 26.7 Å². The second-order valence-electron chi connectivity index (χ2n) is 5.10. The Kier molecular flexibility index (Phi) is 4.74. The summed E-state index contributed by atoms with van der Waals surface area (Å²) in [5.74, 6) is -1.34. The normalized spacial score (nSPS) is 22.3. The van der Waals surface area contributed by atoms with Crippen LogP contribution in [-0.4, -0.2) is 59.0 Å². The van der Waals surface area contributed by atoms with E-state index in [2.05, 4.69) is 0 Å². The Bertz CT molecular complexity index is 385. The molecule has 0 aromatic carbocycles. The fourth-order valence-electron chi connectivity index (χ4n) is 2.15. The predicted molar refractivity (Wildman–Crippen MR) is 68.4 cm³/mol. The molecule has 0 saturated carbocycles. The third-order valence-corrected chi connectivity index (χ3v) is 3.59. The number of aliphatic carboxylic acids is 1. The number of primary amides is 1. The molecule has 0 radical (unpaired) electrons. The van der Waals surface area contributed by atoms with Crippen molar-refractivity contribution in [2.24, 2.45) is 11.1 Å². The first-order valence-electron chi connectivity index (χ1n) is 6.35. The number of nitrogens with two attached hydrogens (primary N) is 1. The molecule has 0 aromatic heterocycles. The minimum atomic E-state index is -0.936. The van der Waals surface area contributed by atoms with Crippen molar-refractivity contribution in [1.29, 1.82) is 0 Å². The van der Waals surface area contributed by atoms with Crippen molar-refractivity contribution < 1.29 is 19.5 Å². The molecule has 19 heavy (non-hydrogen) atoms. The Labute approximate surface area is 112 Å². The van der Waals surface area contributed by atoms with Gasteiger partial charge in [-0.15, -0.1) is 0 Å². The number of carbonyl (C=O) groups is 3. The number of hydrogen-bond acceptors (Lipinski definition) is 3. The van der Waals surface area contributed by atoms with Gasteiger partial charge in [0.25, 0.3) is 0 Å². The number of carbonyl (C=O) groups excluding carboxylic acids is 2. The molecule has 7 nitrogen and oxygen atoms in total. The largest absolute Gasteiger partial charge is 0.481 e. The van der Waals surface area contributed by atoms with Crippen LogP contribution in [0, 0.1) is 5.41 Å². The number of urea groups is 1. The Morgan fingerprint density at radius 2 is 2.05 bits per heavy atom. The van der Waals surface area contributed by atoms with Crippen molar-refractivity contribution in [3.8, 4) is 0 Å². The van der Waals surface area contributed by atoms with Gasteiger partial charge in [-0.2, -0.15) is 0 Å². The second kappa shape index (κ2) is 5.90. The zero-order valence-corrected chi connectivity index (χ0v) is 11.4. The topological polar surface area (TPSA) is 104 Å². The first-order valence-corrected chi connectivity index (χ1v) is 6.35.